The first kappa shape index (κ1) is 16.8. The first-order valence-electron chi connectivity index (χ1n) is 8.45. The Morgan fingerprint density at radius 1 is 1.00 bits per heavy atom. The molecule has 0 saturated heterocycles. The van der Waals surface area contributed by atoms with Crippen LogP contribution >= 0.6 is 0 Å². The molecule has 2 aromatic heterocycles. The minimum Gasteiger partial charge on any atom is -0.508 e. The van der Waals surface area contributed by atoms with Gasteiger partial charge in [0.05, 0.1) is 17.8 Å². The third-order valence-electron chi connectivity index (χ3n) is 3.90. The quantitative estimate of drug-likeness (QED) is 0.538. The van der Waals surface area contributed by atoms with E-state index in [0.29, 0.717) is 18.9 Å². The van der Waals surface area contributed by atoms with Crippen molar-refractivity contribution < 1.29 is 14.7 Å². The second kappa shape index (κ2) is 7.69. The van der Waals surface area contributed by atoms with Crippen molar-refractivity contribution in [3.8, 4) is 11.5 Å². The van der Waals surface area contributed by atoms with Crippen LogP contribution < -0.4 is 9.57 Å². The molecule has 27 heavy (non-hydrogen) atoms. The average Bonchev–Trinajstić information content (AvgIpc) is 3.14. The first-order valence-corrected chi connectivity index (χ1v) is 8.45. The lowest BCUT2D eigenvalue weighted by Crippen LogP contribution is -2.18. The van der Waals surface area contributed by atoms with Crippen molar-refractivity contribution in [3.63, 3.8) is 0 Å². The zero-order valence-corrected chi connectivity index (χ0v) is 14.4. The van der Waals surface area contributed by atoms with E-state index in [2.05, 4.69) is 20.5 Å². The van der Waals surface area contributed by atoms with Crippen LogP contribution in [0.3, 0.4) is 0 Å². The maximum atomic E-state index is 9.51. The highest BCUT2D eigenvalue weighted by Gasteiger charge is 2.09. The number of aromatic hydroxyl groups is 1. The zero-order chi connectivity index (χ0) is 18.5. The smallest absolute Gasteiger partial charge is 0.195 e. The standard InChI is InChI=1S/C19H17N5O3/c25-16-8-9-18-14(12-16)6-7-15(20-18)13-27-24-19(21-22-23-24)10-11-26-17-4-2-1-3-5-17/h1-9,12,25H,10-11,13H2. The van der Waals surface area contributed by atoms with Crippen LogP contribution in [-0.4, -0.2) is 37.1 Å². The fraction of sp³-hybridized carbons (Fsp3) is 0.158. The molecule has 8 nitrogen and oxygen atoms in total. The molecule has 2 heterocycles. The third kappa shape index (κ3) is 4.12. The monoisotopic (exact) mass is 363 g/mol. The SMILES string of the molecule is Oc1ccc2nc(COn3nnnc3CCOc3ccccc3)ccc2c1. The molecule has 1 N–H and O–H groups in total. The molecule has 0 aliphatic heterocycles. The number of aromatic nitrogens is 5. The lowest BCUT2D eigenvalue weighted by atomic mass is 10.2. The van der Waals surface area contributed by atoms with E-state index in [9.17, 15) is 5.11 Å². The Bertz CT molecular complexity index is 1040. The Morgan fingerprint density at radius 3 is 2.78 bits per heavy atom. The number of ether oxygens (including phenoxy) is 1. The number of nitrogens with zero attached hydrogens (tertiary/aromatic N) is 5. The van der Waals surface area contributed by atoms with E-state index in [1.165, 1.54) is 4.85 Å². The molecule has 0 unspecified atom stereocenters. The van der Waals surface area contributed by atoms with Crippen molar-refractivity contribution in [1.82, 2.24) is 25.4 Å². The molecule has 0 amide bonds. The van der Waals surface area contributed by atoms with Gasteiger partial charge in [0, 0.05) is 11.8 Å². The van der Waals surface area contributed by atoms with Crippen molar-refractivity contribution in [2.24, 2.45) is 0 Å². The van der Waals surface area contributed by atoms with Gasteiger partial charge in [-0.05, 0) is 46.8 Å². The topological polar surface area (TPSA) is 95.2 Å². The largest absolute Gasteiger partial charge is 0.508 e. The summed E-state index contributed by atoms with van der Waals surface area (Å²) < 4.78 is 5.66. The number of tetrazole rings is 1. The summed E-state index contributed by atoms with van der Waals surface area (Å²) in [6.45, 7) is 0.653. The molecule has 4 rings (SSSR count). The number of hydrogen-bond acceptors (Lipinski definition) is 7. The van der Waals surface area contributed by atoms with Crippen molar-refractivity contribution in [2.45, 2.75) is 13.0 Å². The highest BCUT2D eigenvalue weighted by molar-refractivity contribution is 5.80. The first-order chi connectivity index (χ1) is 13.3. The Hall–Kier alpha value is -3.68. The molecule has 0 fully saturated rings. The van der Waals surface area contributed by atoms with E-state index >= 15 is 0 Å². The van der Waals surface area contributed by atoms with Crippen LogP contribution in [-0.2, 0) is 13.0 Å². The van der Waals surface area contributed by atoms with Gasteiger partial charge in [-0.15, -0.1) is 5.10 Å². The van der Waals surface area contributed by atoms with Gasteiger partial charge in [-0.25, -0.2) is 4.98 Å². The lowest BCUT2D eigenvalue weighted by Gasteiger charge is -2.08. The molecule has 0 saturated carbocycles. The normalized spacial score (nSPS) is 10.8. The highest BCUT2D eigenvalue weighted by Crippen LogP contribution is 2.18. The number of pyridine rings is 1. The summed E-state index contributed by atoms with van der Waals surface area (Å²) in [6, 6.07) is 18.3. The van der Waals surface area contributed by atoms with Gasteiger partial charge in [0.1, 0.15) is 11.5 Å². The lowest BCUT2D eigenvalue weighted by molar-refractivity contribution is 0.0568. The summed E-state index contributed by atoms with van der Waals surface area (Å²) in [5, 5.41) is 21.8. The van der Waals surface area contributed by atoms with Crippen molar-refractivity contribution in [2.75, 3.05) is 6.61 Å². The number of para-hydroxylation sites is 1. The van der Waals surface area contributed by atoms with Gasteiger partial charge in [-0.1, -0.05) is 29.1 Å². The van der Waals surface area contributed by atoms with Crippen LogP contribution in [0, 0.1) is 0 Å². The van der Waals surface area contributed by atoms with Gasteiger partial charge < -0.3 is 14.7 Å². The molecular formula is C19H17N5O3. The van der Waals surface area contributed by atoms with Gasteiger partial charge in [-0.2, -0.15) is 0 Å². The summed E-state index contributed by atoms with van der Waals surface area (Å²) in [7, 11) is 0. The van der Waals surface area contributed by atoms with Crippen LogP contribution in [0.5, 0.6) is 11.5 Å². The molecule has 8 heteroatoms. The Kier molecular flexibility index (Phi) is 4.78. The van der Waals surface area contributed by atoms with Crippen LogP contribution in [0.2, 0.25) is 0 Å². The Morgan fingerprint density at radius 2 is 1.89 bits per heavy atom. The van der Waals surface area contributed by atoms with Crippen molar-refractivity contribution in [1.29, 1.82) is 0 Å². The van der Waals surface area contributed by atoms with Crippen LogP contribution in [0.4, 0.5) is 0 Å². The maximum Gasteiger partial charge on any atom is 0.195 e. The number of hydrogen-bond donors (Lipinski definition) is 1. The number of rotatable bonds is 7. The number of phenolic OH excluding ortho intramolecular Hbond substituents is 1. The molecule has 0 atom stereocenters. The summed E-state index contributed by atoms with van der Waals surface area (Å²) in [5.41, 5.74) is 1.51. The fourth-order valence-electron chi connectivity index (χ4n) is 2.58. The molecule has 136 valence electrons. The van der Waals surface area contributed by atoms with E-state index in [1.54, 1.807) is 18.2 Å². The molecule has 4 aromatic rings. The second-order valence-corrected chi connectivity index (χ2v) is 5.83. The van der Waals surface area contributed by atoms with Crippen molar-refractivity contribution >= 4 is 10.9 Å². The summed E-state index contributed by atoms with van der Waals surface area (Å²) in [5.74, 6) is 1.57. The van der Waals surface area contributed by atoms with Crippen LogP contribution in [0.15, 0.2) is 60.7 Å². The van der Waals surface area contributed by atoms with Crippen molar-refractivity contribution in [3.05, 3.63) is 72.2 Å². The minimum atomic E-state index is 0.212. The predicted molar refractivity (Wildman–Crippen MR) is 97.1 cm³/mol. The zero-order valence-electron chi connectivity index (χ0n) is 14.4. The molecular weight excluding hydrogens is 346 g/mol. The second-order valence-electron chi connectivity index (χ2n) is 5.83. The molecule has 0 aliphatic rings. The molecule has 0 spiro atoms. The summed E-state index contributed by atoms with van der Waals surface area (Å²) in [6.07, 6.45) is 0.506. The van der Waals surface area contributed by atoms with Gasteiger partial charge in [0.15, 0.2) is 12.4 Å². The Balaban J connectivity index is 1.36. The van der Waals surface area contributed by atoms with Gasteiger partial charge >= 0.3 is 0 Å². The van der Waals surface area contributed by atoms with E-state index < -0.39 is 0 Å². The van der Waals surface area contributed by atoms with Gasteiger partial charge in [0.25, 0.3) is 0 Å². The number of phenols is 1. The highest BCUT2D eigenvalue weighted by atomic mass is 16.7. The van der Waals surface area contributed by atoms with E-state index in [4.69, 9.17) is 9.57 Å². The predicted octanol–water partition coefficient (Wildman–Crippen LogP) is 2.18. The average molecular weight is 363 g/mol. The maximum absolute atomic E-state index is 9.51. The van der Waals surface area contributed by atoms with Crippen LogP contribution in [0.1, 0.15) is 11.5 Å². The number of benzene rings is 2. The molecule has 2 aromatic carbocycles. The molecule has 0 aliphatic carbocycles. The fourth-order valence-corrected chi connectivity index (χ4v) is 2.58. The van der Waals surface area contributed by atoms with Gasteiger partial charge in [-0.3, -0.25) is 0 Å². The van der Waals surface area contributed by atoms with Crippen LogP contribution in [0.25, 0.3) is 10.9 Å². The summed E-state index contributed by atoms with van der Waals surface area (Å²) >= 11 is 0. The van der Waals surface area contributed by atoms with E-state index in [1.807, 2.05) is 42.5 Å². The molecule has 0 radical (unpaired) electrons. The van der Waals surface area contributed by atoms with E-state index in [0.717, 1.165) is 22.3 Å². The van der Waals surface area contributed by atoms with Gasteiger partial charge in [0.2, 0.25) is 0 Å². The number of fused-ring (bicyclic) bond motifs is 1. The molecule has 0 bridgehead atoms. The third-order valence-corrected chi connectivity index (χ3v) is 3.90. The van der Waals surface area contributed by atoms with E-state index in [-0.39, 0.29) is 12.4 Å². The minimum absolute atomic E-state index is 0.212. The summed E-state index contributed by atoms with van der Waals surface area (Å²) in [4.78, 5) is 11.4. The Labute approximate surface area is 155 Å².